The molecule has 38 heavy (non-hydrogen) atoms. The number of halogens is 1. The highest BCUT2D eigenvalue weighted by atomic mass is 32.2. The number of nitrogens with one attached hydrogen (secondary N) is 1. The molecule has 3 aromatic rings. The van der Waals surface area contributed by atoms with Crippen molar-refractivity contribution in [1.82, 2.24) is 10.2 Å². The van der Waals surface area contributed by atoms with Gasteiger partial charge < -0.3 is 10.2 Å². The van der Waals surface area contributed by atoms with Gasteiger partial charge in [0, 0.05) is 19.5 Å². The van der Waals surface area contributed by atoms with E-state index in [0.717, 1.165) is 45.8 Å². The molecule has 2 amide bonds. The topological polar surface area (TPSA) is 86.8 Å². The van der Waals surface area contributed by atoms with Crippen LogP contribution in [0.5, 0.6) is 0 Å². The summed E-state index contributed by atoms with van der Waals surface area (Å²) in [5, 5.41) is 2.90. The van der Waals surface area contributed by atoms with Crippen LogP contribution < -0.4 is 9.62 Å². The summed E-state index contributed by atoms with van der Waals surface area (Å²) in [6, 6.07) is 21.0. The first-order valence-corrected chi connectivity index (χ1v) is 14.3. The van der Waals surface area contributed by atoms with Crippen LogP contribution >= 0.6 is 0 Å². The van der Waals surface area contributed by atoms with Crippen LogP contribution in [0.25, 0.3) is 0 Å². The Balaban J connectivity index is 2.03. The molecule has 0 fully saturated rings. The van der Waals surface area contributed by atoms with Gasteiger partial charge in [0.05, 0.1) is 11.9 Å². The Kier molecular flexibility index (Phi) is 10.0. The number of amides is 2. The third-order valence-electron chi connectivity index (χ3n) is 6.05. The molecule has 0 saturated carbocycles. The Morgan fingerprint density at radius 1 is 0.947 bits per heavy atom. The molecular weight excluding hydrogens is 505 g/mol. The van der Waals surface area contributed by atoms with Crippen molar-refractivity contribution in [2.24, 2.45) is 0 Å². The van der Waals surface area contributed by atoms with Gasteiger partial charge in [0.2, 0.25) is 21.8 Å². The number of hydrogen-bond donors (Lipinski definition) is 1. The zero-order valence-electron chi connectivity index (χ0n) is 21.9. The van der Waals surface area contributed by atoms with Crippen molar-refractivity contribution in [3.63, 3.8) is 0 Å². The summed E-state index contributed by atoms with van der Waals surface area (Å²) in [6.07, 6.45) is 1.97. The molecule has 7 nitrogen and oxygen atoms in total. The first-order chi connectivity index (χ1) is 18.1. The fourth-order valence-electron chi connectivity index (χ4n) is 4.15. The lowest BCUT2D eigenvalue weighted by molar-refractivity contribution is -0.140. The third-order valence-corrected chi connectivity index (χ3v) is 7.19. The second kappa shape index (κ2) is 13.2. The minimum absolute atomic E-state index is 0.110. The highest BCUT2D eigenvalue weighted by molar-refractivity contribution is 7.92. The predicted molar refractivity (Wildman–Crippen MR) is 148 cm³/mol. The average molecular weight is 540 g/mol. The molecule has 0 aliphatic rings. The van der Waals surface area contributed by atoms with E-state index in [1.807, 2.05) is 68.4 Å². The molecular formula is C29H34FN3O4S. The molecule has 0 radical (unpaired) electrons. The van der Waals surface area contributed by atoms with Crippen LogP contribution in [-0.2, 0) is 32.6 Å². The number of sulfonamides is 1. The van der Waals surface area contributed by atoms with Crippen molar-refractivity contribution in [1.29, 1.82) is 0 Å². The number of anilines is 1. The normalized spacial score (nSPS) is 12.0. The number of carbonyl (C=O) groups excluding carboxylic acids is 2. The van der Waals surface area contributed by atoms with Crippen molar-refractivity contribution in [3.8, 4) is 0 Å². The lowest BCUT2D eigenvalue weighted by atomic mass is 10.0. The highest BCUT2D eigenvalue weighted by Crippen LogP contribution is 2.21. The van der Waals surface area contributed by atoms with E-state index in [0.29, 0.717) is 6.54 Å². The molecule has 0 saturated heterocycles. The third kappa shape index (κ3) is 8.14. The summed E-state index contributed by atoms with van der Waals surface area (Å²) in [5.74, 6) is -1.39. The maximum Gasteiger partial charge on any atom is 0.244 e. The Morgan fingerprint density at radius 3 is 2.21 bits per heavy atom. The number of nitrogens with zero attached hydrogens (tertiary/aromatic N) is 2. The van der Waals surface area contributed by atoms with Crippen LogP contribution in [-0.4, -0.2) is 50.5 Å². The molecule has 202 valence electrons. The quantitative estimate of drug-likeness (QED) is 0.376. The van der Waals surface area contributed by atoms with Gasteiger partial charge in [-0.15, -0.1) is 0 Å². The van der Waals surface area contributed by atoms with E-state index >= 15 is 0 Å². The van der Waals surface area contributed by atoms with Crippen molar-refractivity contribution in [3.05, 3.63) is 101 Å². The van der Waals surface area contributed by atoms with Gasteiger partial charge in [0.25, 0.3) is 0 Å². The lowest BCUT2D eigenvalue weighted by Gasteiger charge is -2.33. The predicted octanol–water partition coefficient (Wildman–Crippen LogP) is 4.07. The van der Waals surface area contributed by atoms with Crippen molar-refractivity contribution in [2.45, 2.75) is 39.3 Å². The summed E-state index contributed by atoms with van der Waals surface area (Å²) < 4.78 is 39.9. The van der Waals surface area contributed by atoms with Crippen molar-refractivity contribution < 1.29 is 22.4 Å². The summed E-state index contributed by atoms with van der Waals surface area (Å²) in [6.45, 7) is 3.89. The number of hydrogen-bond acceptors (Lipinski definition) is 4. The zero-order valence-corrected chi connectivity index (χ0v) is 22.7. The molecule has 0 heterocycles. The SMILES string of the molecule is CCCNC(=O)[C@H](Cc1ccccc1)N(Cc1cccc(C)c1)C(=O)CN(c1ccc(F)cc1)S(C)(=O)=O. The van der Waals surface area contributed by atoms with Crippen LogP contribution in [0.4, 0.5) is 10.1 Å². The van der Waals surface area contributed by atoms with Crippen LogP contribution in [0.15, 0.2) is 78.9 Å². The minimum Gasteiger partial charge on any atom is -0.354 e. The van der Waals surface area contributed by atoms with E-state index < -0.39 is 34.3 Å². The monoisotopic (exact) mass is 539 g/mol. The van der Waals surface area contributed by atoms with Gasteiger partial charge >= 0.3 is 0 Å². The molecule has 3 rings (SSSR count). The molecule has 9 heteroatoms. The smallest absolute Gasteiger partial charge is 0.244 e. The number of carbonyl (C=O) groups is 2. The van der Waals surface area contributed by atoms with Gasteiger partial charge in [0.1, 0.15) is 18.4 Å². The van der Waals surface area contributed by atoms with Crippen LogP contribution in [0, 0.1) is 12.7 Å². The average Bonchev–Trinajstić information content (AvgIpc) is 2.88. The fraction of sp³-hybridized carbons (Fsp3) is 0.310. The van der Waals surface area contributed by atoms with Crippen LogP contribution in [0.1, 0.15) is 30.0 Å². The van der Waals surface area contributed by atoms with E-state index in [1.165, 1.54) is 17.0 Å². The van der Waals surface area contributed by atoms with E-state index in [4.69, 9.17) is 0 Å². The molecule has 0 aliphatic carbocycles. The summed E-state index contributed by atoms with van der Waals surface area (Å²) in [5.41, 5.74) is 2.83. The van der Waals surface area contributed by atoms with Gasteiger partial charge in [-0.3, -0.25) is 13.9 Å². The van der Waals surface area contributed by atoms with Crippen LogP contribution in [0.2, 0.25) is 0 Å². The number of aryl methyl sites for hydroxylation is 1. The molecule has 3 aromatic carbocycles. The number of rotatable bonds is 12. The molecule has 1 N–H and O–H groups in total. The molecule has 1 atom stereocenters. The molecule has 0 aliphatic heterocycles. The van der Waals surface area contributed by atoms with Gasteiger partial charge in [-0.1, -0.05) is 67.1 Å². The highest BCUT2D eigenvalue weighted by Gasteiger charge is 2.32. The van der Waals surface area contributed by atoms with E-state index in [-0.39, 0.29) is 24.6 Å². The number of benzene rings is 3. The van der Waals surface area contributed by atoms with E-state index in [2.05, 4.69) is 5.32 Å². The van der Waals surface area contributed by atoms with E-state index in [1.54, 1.807) is 0 Å². The van der Waals surface area contributed by atoms with Crippen molar-refractivity contribution in [2.75, 3.05) is 23.7 Å². The van der Waals surface area contributed by atoms with E-state index in [9.17, 15) is 22.4 Å². The van der Waals surface area contributed by atoms with Crippen LogP contribution in [0.3, 0.4) is 0 Å². The summed E-state index contributed by atoms with van der Waals surface area (Å²) in [7, 11) is -3.90. The second-order valence-corrected chi connectivity index (χ2v) is 11.2. The van der Waals surface area contributed by atoms with Gasteiger partial charge in [-0.25, -0.2) is 12.8 Å². The molecule has 0 bridgehead atoms. The zero-order chi connectivity index (χ0) is 27.7. The Hall–Kier alpha value is -3.72. The Labute approximate surface area is 224 Å². The Morgan fingerprint density at radius 2 is 1.61 bits per heavy atom. The van der Waals surface area contributed by atoms with Gasteiger partial charge in [0.15, 0.2) is 0 Å². The largest absolute Gasteiger partial charge is 0.354 e. The molecule has 0 aromatic heterocycles. The standard InChI is InChI=1S/C29H34FN3O4S/c1-4-17-31-29(35)27(19-23-10-6-5-7-11-23)32(20-24-12-8-9-22(2)18-24)28(34)21-33(38(3,36)37)26-15-13-25(30)14-16-26/h5-16,18,27H,4,17,19-21H2,1-3H3,(H,31,35)/t27-/m0/s1. The van der Waals surface area contributed by atoms with Crippen molar-refractivity contribution >= 4 is 27.5 Å². The Bertz CT molecular complexity index is 1330. The minimum atomic E-state index is -3.90. The molecule has 0 spiro atoms. The maximum absolute atomic E-state index is 13.9. The molecule has 0 unspecified atom stereocenters. The first-order valence-electron chi connectivity index (χ1n) is 12.5. The lowest BCUT2D eigenvalue weighted by Crippen LogP contribution is -2.53. The van der Waals surface area contributed by atoms with Gasteiger partial charge in [-0.2, -0.15) is 0 Å². The van der Waals surface area contributed by atoms with Gasteiger partial charge in [-0.05, 0) is 48.7 Å². The second-order valence-electron chi connectivity index (χ2n) is 9.25. The maximum atomic E-state index is 13.9. The summed E-state index contributed by atoms with van der Waals surface area (Å²) in [4.78, 5) is 28.8. The first kappa shape index (κ1) is 28.8. The summed E-state index contributed by atoms with van der Waals surface area (Å²) >= 11 is 0. The fourth-order valence-corrected chi connectivity index (χ4v) is 5.00.